The van der Waals surface area contributed by atoms with Crippen LogP contribution in [0.25, 0.3) is 0 Å². The van der Waals surface area contributed by atoms with Crippen LogP contribution in [0, 0.1) is 13.8 Å². The Morgan fingerprint density at radius 3 is 2.38 bits per heavy atom. The van der Waals surface area contributed by atoms with E-state index in [1.165, 1.54) is 11.3 Å². The van der Waals surface area contributed by atoms with Crippen molar-refractivity contribution in [1.29, 1.82) is 0 Å². The Labute approximate surface area is 127 Å². The Kier molecular flexibility index (Phi) is 3.83. The van der Waals surface area contributed by atoms with Gasteiger partial charge in [0.2, 0.25) is 5.95 Å². The summed E-state index contributed by atoms with van der Waals surface area (Å²) in [6, 6.07) is 1.80. The zero-order valence-electron chi connectivity index (χ0n) is 12.1. The molecule has 0 atom stereocenters. The molecule has 3 rings (SSSR count). The summed E-state index contributed by atoms with van der Waals surface area (Å²) >= 11 is 1.47. The summed E-state index contributed by atoms with van der Waals surface area (Å²) in [5, 5.41) is 0.937. The molecule has 1 aliphatic heterocycles. The summed E-state index contributed by atoms with van der Waals surface area (Å²) in [7, 11) is 0. The van der Waals surface area contributed by atoms with Crippen molar-refractivity contribution in [2.24, 2.45) is 0 Å². The number of nitrogens with zero attached hydrogens (tertiary/aromatic N) is 5. The van der Waals surface area contributed by atoms with Gasteiger partial charge >= 0.3 is 0 Å². The second-order valence-corrected chi connectivity index (χ2v) is 6.18. The van der Waals surface area contributed by atoms with Crippen molar-refractivity contribution >= 4 is 23.2 Å². The van der Waals surface area contributed by atoms with E-state index in [-0.39, 0.29) is 5.91 Å². The zero-order valence-corrected chi connectivity index (χ0v) is 12.9. The zero-order chi connectivity index (χ0) is 14.8. The molecule has 7 heteroatoms. The summed E-state index contributed by atoms with van der Waals surface area (Å²) < 4.78 is 0. The molecule has 2 aromatic heterocycles. The highest BCUT2D eigenvalue weighted by Crippen LogP contribution is 2.20. The van der Waals surface area contributed by atoms with Gasteiger partial charge in [-0.25, -0.2) is 15.0 Å². The van der Waals surface area contributed by atoms with Crippen LogP contribution in [0.15, 0.2) is 18.5 Å². The summed E-state index contributed by atoms with van der Waals surface area (Å²) in [4.78, 5) is 30.1. The maximum Gasteiger partial charge on any atom is 0.265 e. The molecule has 0 aliphatic carbocycles. The van der Waals surface area contributed by atoms with Gasteiger partial charge in [0, 0.05) is 38.6 Å². The van der Waals surface area contributed by atoms with E-state index >= 15 is 0 Å². The van der Waals surface area contributed by atoms with Crippen molar-refractivity contribution in [3.05, 3.63) is 34.0 Å². The van der Waals surface area contributed by atoms with Crippen LogP contribution in [0.1, 0.15) is 20.4 Å². The molecular formula is C14H17N5OS. The third-order valence-corrected chi connectivity index (χ3v) is 4.56. The number of aromatic nitrogens is 3. The van der Waals surface area contributed by atoms with Crippen LogP contribution < -0.4 is 4.90 Å². The third-order valence-electron chi connectivity index (χ3n) is 3.50. The van der Waals surface area contributed by atoms with Gasteiger partial charge in [-0.05, 0) is 19.9 Å². The van der Waals surface area contributed by atoms with Gasteiger partial charge in [-0.1, -0.05) is 0 Å². The van der Waals surface area contributed by atoms with E-state index in [9.17, 15) is 4.79 Å². The Bertz CT molecular complexity index is 634. The number of rotatable bonds is 2. The lowest BCUT2D eigenvalue weighted by Gasteiger charge is -2.34. The maximum atomic E-state index is 12.5. The minimum atomic E-state index is 0.0896. The van der Waals surface area contributed by atoms with Gasteiger partial charge in [-0.15, -0.1) is 11.3 Å². The van der Waals surface area contributed by atoms with Crippen molar-refractivity contribution in [3.63, 3.8) is 0 Å². The van der Waals surface area contributed by atoms with Crippen LogP contribution in [0.5, 0.6) is 0 Å². The summed E-state index contributed by atoms with van der Waals surface area (Å²) in [6.07, 6.45) is 3.48. The molecule has 0 saturated carbocycles. The maximum absolute atomic E-state index is 12.5. The number of carbonyl (C=O) groups is 1. The first kappa shape index (κ1) is 13.9. The van der Waals surface area contributed by atoms with Crippen molar-refractivity contribution < 1.29 is 4.79 Å². The number of amides is 1. The Morgan fingerprint density at radius 2 is 1.81 bits per heavy atom. The largest absolute Gasteiger partial charge is 0.337 e. The fourth-order valence-electron chi connectivity index (χ4n) is 2.44. The molecule has 2 aromatic rings. The van der Waals surface area contributed by atoms with E-state index in [1.54, 1.807) is 18.5 Å². The minimum absolute atomic E-state index is 0.0896. The van der Waals surface area contributed by atoms with Gasteiger partial charge in [0.1, 0.15) is 4.88 Å². The van der Waals surface area contributed by atoms with Gasteiger partial charge < -0.3 is 9.80 Å². The quantitative estimate of drug-likeness (QED) is 0.841. The second kappa shape index (κ2) is 5.77. The van der Waals surface area contributed by atoms with Gasteiger partial charge in [-0.3, -0.25) is 4.79 Å². The number of piperazine rings is 1. The van der Waals surface area contributed by atoms with Crippen molar-refractivity contribution in [1.82, 2.24) is 19.9 Å². The fraction of sp³-hybridized carbons (Fsp3) is 0.429. The average Bonchev–Trinajstić information content (AvgIpc) is 2.86. The molecule has 0 spiro atoms. The number of aryl methyl sites for hydroxylation is 2. The van der Waals surface area contributed by atoms with Crippen LogP contribution in [0.3, 0.4) is 0 Å². The van der Waals surface area contributed by atoms with Crippen molar-refractivity contribution in [3.8, 4) is 0 Å². The molecule has 1 fully saturated rings. The molecule has 0 N–H and O–H groups in total. The van der Waals surface area contributed by atoms with Gasteiger partial charge in [-0.2, -0.15) is 0 Å². The lowest BCUT2D eigenvalue weighted by molar-refractivity contribution is 0.0750. The minimum Gasteiger partial charge on any atom is -0.337 e. The van der Waals surface area contributed by atoms with Crippen LogP contribution in [0.4, 0.5) is 5.95 Å². The number of carbonyl (C=O) groups excluding carboxylic acids is 1. The fourth-order valence-corrected chi connectivity index (χ4v) is 3.33. The summed E-state index contributed by atoms with van der Waals surface area (Å²) in [5.74, 6) is 0.821. The number of thiazole rings is 1. The Balaban J connectivity index is 1.66. The molecule has 0 unspecified atom stereocenters. The molecular weight excluding hydrogens is 286 g/mol. The van der Waals surface area contributed by atoms with Crippen LogP contribution in [-0.2, 0) is 0 Å². The lowest BCUT2D eigenvalue weighted by atomic mass is 10.3. The van der Waals surface area contributed by atoms with Gasteiger partial charge in [0.15, 0.2) is 0 Å². The summed E-state index contributed by atoms with van der Waals surface area (Å²) in [5.41, 5.74) is 0.830. The Morgan fingerprint density at radius 1 is 1.14 bits per heavy atom. The molecule has 6 nitrogen and oxygen atoms in total. The Hall–Kier alpha value is -2.02. The highest BCUT2D eigenvalue weighted by Gasteiger charge is 2.25. The first-order chi connectivity index (χ1) is 10.1. The number of hydrogen-bond acceptors (Lipinski definition) is 6. The molecule has 0 radical (unpaired) electrons. The molecule has 21 heavy (non-hydrogen) atoms. The molecule has 1 aliphatic rings. The van der Waals surface area contributed by atoms with E-state index in [2.05, 4.69) is 19.9 Å². The van der Waals surface area contributed by atoms with Crippen molar-refractivity contribution in [2.45, 2.75) is 13.8 Å². The van der Waals surface area contributed by atoms with E-state index < -0.39 is 0 Å². The van der Waals surface area contributed by atoms with Gasteiger partial charge in [0.25, 0.3) is 5.91 Å². The van der Waals surface area contributed by atoms with E-state index in [4.69, 9.17) is 0 Å². The number of anilines is 1. The second-order valence-electron chi connectivity index (χ2n) is 4.98. The predicted molar refractivity (Wildman–Crippen MR) is 81.7 cm³/mol. The lowest BCUT2D eigenvalue weighted by Crippen LogP contribution is -2.49. The third kappa shape index (κ3) is 2.87. The standard InChI is InChI=1S/C14H17N5OS/c1-10-12(21-11(2)17-10)13(20)18-6-8-19(9-7-18)14-15-4-3-5-16-14/h3-5H,6-9H2,1-2H3. The van der Waals surface area contributed by atoms with E-state index in [1.807, 2.05) is 18.7 Å². The van der Waals surface area contributed by atoms with Crippen LogP contribution in [0.2, 0.25) is 0 Å². The molecule has 0 bridgehead atoms. The molecule has 1 saturated heterocycles. The highest BCUT2D eigenvalue weighted by molar-refractivity contribution is 7.13. The number of hydrogen-bond donors (Lipinski definition) is 0. The van der Waals surface area contributed by atoms with E-state index in [0.717, 1.165) is 34.6 Å². The van der Waals surface area contributed by atoms with E-state index in [0.29, 0.717) is 13.1 Å². The SMILES string of the molecule is Cc1nc(C)c(C(=O)N2CCN(c3ncccn3)CC2)s1. The molecule has 110 valence electrons. The summed E-state index contributed by atoms with van der Waals surface area (Å²) in [6.45, 7) is 6.71. The first-order valence-corrected chi connectivity index (χ1v) is 7.72. The van der Waals surface area contributed by atoms with Crippen LogP contribution in [-0.4, -0.2) is 51.9 Å². The monoisotopic (exact) mass is 303 g/mol. The molecule has 1 amide bonds. The smallest absolute Gasteiger partial charge is 0.265 e. The predicted octanol–water partition coefficient (Wildman–Crippen LogP) is 1.51. The molecule has 3 heterocycles. The van der Waals surface area contributed by atoms with Crippen LogP contribution >= 0.6 is 11.3 Å². The topological polar surface area (TPSA) is 62.2 Å². The molecule has 0 aromatic carbocycles. The van der Waals surface area contributed by atoms with Crippen molar-refractivity contribution in [2.75, 3.05) is 31.1 Å². The highest BCUT2D eigenvalue weighted by atomic mass is 32.1. The van der Waals surface area contributed by atoms with Gasteiger partial charge in [0.05, 0.1) is 10.7 Å². The average molecular weight is 303 g/mol. The first-order valence-electron chi connectivity index (χ1n) is 6.90. The normalized spacial score (nSPS) is 15.3.